The maximum atomic E-state index is 12.9. The lowest BCUT2D eigenvalue weighted by molar-refractivity contribution is 0.0734. The highest BCUT2D eigenvalue weighted by atomic mass is 32.2. The van der Waals surface area contributed by atoms with Gasteiger partial charge in [0.15, 0.2) is 0 Å². The van der Waals surface area contributed by atoms with Crippen molar-refractivity contribution in [2.24, 2.45) is 0 Å². The maximum absolute atomic E-state index is 12.9. The summed E-state index contributed by atoms with van der Waals surface area (Å²) < 4.78 is 26.5. The number of sulfonamides is 1. The van der Waals surface area contributed by atoms with Crippen LogP contribution in [0.1, 0.15) is 21.6 Å². The number of hydrogen-bond donors (Lipinski definition) is 2. The van der Waals surface area contributed by atoms with Crippen molar-refractivity contribution in [3.8, 4) is 5.69 Å². The summed E-state index contributed by atoms with van der Waals surface area (Å²) in [6.45, 7) is 0.719. The van der Waals surface area contributed by atoms with Gasteiger partial charge < -0.3 is 4.90 Å². The summed E-state index contributed by atoms with van der Waals surface area (Å²) >= 11 is 0. The van der Waals surface area contributed by atoms with Crippen LogP contribution in [0.5, 0.6) is 0 Å². The molecule has 0 radical (unpaired) electrons. The van der Waals surface area contributed by atoms with Crippen LogP contribution in [0, 0.1) is 0 Å². The Morgan fingerprint density at radius 2 is 1.76 bits per heavy atom. The van der Waals surface area contributed by atoms with E-state index in [9.17, 15) is 18.0 Å². The minimum atomic E-state index is -3.38. The van der Waals surface area contributed by atoms with Gasteiger partial charge in [0, 0.05) is 29.9 Å². The van der Waals surface area contributed by atoms with Crippen molar-refractivity contribution in [1.82, 2.24) is 14.7 Å². The molecule has 0 unspecified atom stereocenters. The van der Waals surface area contributed by atoms with Gasteiger partial charge in [0.2, 0.25) is 10.0 Å². The summed E-state index contributed by atoms with van der Waals surface area (Å²) in [6.07, 6.45) is 1.63. The van der Waals surface area contributed by atoms with Gasteiger partial charge in [0.25, 0.3) is 11.5 Å². The molecule has 8 nitrogen and oxygen atoms in total. The molecular formula is C20H20N4O4S. The number of rotatable bonds is 4. The monoisotopic (exact) mass is 412 g/mol. The van der Waals surface area contributed by atoms with E-state index in [-0.39, 0.29) is 18.0 Å². The first-order valence-electron chi connectivity index (χ1n) is 9.07. The molecule has 0 fully saturated rings. The molecule has 0 saturated heterocycles. The summed E-state index contributed by atoms with van der Waals surface area (Å²) in [5, 5.41) is 3.15. The summed E-state index contributed by atoms with van der Waals surface area (Å²) in [6, 6.07) is 15.5. The zero-order valence-corrected chi connectivity index (χ0v) is 16.6. The van der Waals surface area contributed by atoms with Gasteiger partial charge in [-0.2, -0.15) is 0 Å². The number of amides is 1. The van der Waals surface area contributed by atoms with Gasteiger partial charge in [-0.05, 0) is 36.4 Å². The number of carbonyl (C=O) groups is 1. The minimum absolute atomic E-state index is 0.156. The van der Waals surface area contributed by atoms with Crippen molar-refractivity contribution in [2.45, 2.75) is 13.0 Å². The van der Waals surface area contributed by atoms with Crippen molar-refractivity contribution in [2.75, 3.05) is 17.5 Å². The van der Waals surface area contributed by atoms with Crippen LogP contribution in [0.4, 0.5) is 5.69 Å². The number of benzene rings is 2. The van der Waals surface area contributed by atoms with E-state index in [1.165, 1.54) is 4.68 Å². The van der Waals surface area contributed by atoms with Gasteiger partial charge >= 0.3 is 0 Å². The number of carbonyl (C=O) groups excluding carboxylic acids is 1. The lowest BCUT2D eigenvalue weighted by Crippen LogP contribution is -2.37. The average molecular weight is 412 g/mol. The lowest BCUT2D eigenvalue weighted by Gasteiger charge is -2.26. The number of aromatic nitrogens is 2. The van der Waals surface area contributed by atoms with Crippen LogP contribution in [-0.2, 0) is 23.0 Å². The number of para-hydroxylation sites is 1. The molecular weight excluding hydrogens is 392 g/mol. The Bertz CT molecular complexity index is 1210. The molecule has 2 heterocycles. The number of nitrogens with zero attached hydrogens (tertiary/aromatic N) is 2. The van der Waals surface area contributed by atoms with E-state index in [4.69, 9.17) is 0 Å². The van der Waals surface area contributed by atoms with Gasteiger partial charge in [-0.3, -0.25) is 19.4 Å². The topological polar surface area (TPSA) is 104 Å². The standard InChI is InChI=1S/C20H20N4O4S/c1-29(27,28)22-15-9-7-14(8-10-15)19(25)23-12-11-18-17(13-23)20(26)24(21-18)16-5-3-2-4-6-16/h2-10,21-22H,11-13H2,1H3. The summed E-state index contributed by atoms with van der Waals surface area (Å²) in [5.74, 6) is -0.201. The second kappa shape index (κ2) is 7.25. The molecule has 1 amide bonds. The van der Waals surface area contributed by atoms with Gasteiger partial charge in [-0.25, -0.2) is 13.1 Å². The summed E-state index contributed by atoms with van der Waals surface area (Å²) in [5.41, 5.74) is 2.85. The van der Waals surface area contributed by atoms with E-state index < -0.39 is 10.0 Å². The SMILES string of the molecule is CS(=O)(=O)Nc1ccc(C(=O)N2CCc3[nH]n(-c4ccccc4)c(=O)c3C2)cc1. The molecule has 2 N–H and O–H groups in total. The van der Waals surface area contributed by atoms with Crippen LogP contribution in [-0.4, -0.2) is 41.8 Å². The molecule has 0 aliphatic carbocycles. The number of aromatic amines is 1. The fraction of sp³-hybridized carbons (Fsp3) is 0.200. The first kappa shape index (κ1) is 19.0. The highest BCUT2D eigenvalue weighted by Gasteiger charge is 2.26. The van der Waals surface area contributed by atoms with E-state index in [1.54, 1.807) is 29.2 Å². The highest BCUT2D eigenvalue weighted by molar-refractivity contribution is 7.92. The van der Waals surface area contributed by atoms with E-state index in [2.05, 4.69) is 9.82 Å². The Labute approximate surface area is 167 Å². The van der Waals surface area contributed by atoms with Crippen molar-refractivity contribution in [3.05, 3.63) is 81.8 Å². The van der Waals surface area contributed by atoms with Crippen LogP contribution in [0.25, 0.3) is 5.69 Å². The molecule has 4 rings (SSSR count). The fourth-order valence-corrected chi connectivity index (χ4v) is 3.98. The summed E-state index contributed by atoms with van der Waals surface area (Å²) in [4.78, 5) is 27.3. The zero-order valence-electron chi connectivity index (χ0n) is 15.8. The molecule has 150 valence electrons. The molecule has 0 bridgehead atoms. The minimum Gasteiger partial charge on any atom is -0.334 e. The number of fused-ring (bicyclic) bond motifs is 1. The first-order chi connectivity index (χ1) is 13.8. The Morgan fingerprint density at radius 3 is 2.41 bits per heavy atom. The molecule has 1 aromatic heterocycles. The quantitative estimate of drug-likeness (QED) is 0.681. The predicted octanol–water partition coefficient (Wildman–Crippen LogP) is 1.74. The van der Waals surface area contributed by atoms with Crippen molar-refractivity contribution in [1.29, 1.82) is 0 Å². The van der Waals surface area contributed by atoms with Gasteiger partial charge in [0.05, 0.1) is 24.1 Å². The lowest BCUT2D eigenvalue weighted by atomic mass is 10.1. The fourth-order valence-electron chi connectivity index (χ4n) is 3.41. The van der Waals surface area contributed by atoms with Crippen molar-refractivity contribution in [3.63, 3.8) is 0 Å². The normalized spacial score (nSPS) is 13.8. The number of hydrogen-bond acceptors (Lipinski definition) is 4. The van der Waals surface area contributed by atoms with Crippen molar-refractivity contribution >= 4 is 21.6 Å². The van der Waals surface area contributed by atoms with Gasteiger partial charge in [-0.1, -0.05) is 18.2 Å². The largest absolute Gasteiger partial charge is 0.334 e. The van der Waals surface area contributed by atoms with Crippen LogP contribution in [0.15, 0.2) is 59.4 Å². The summed E-state index contributed by atoms with van der Waals surface area (Å²) in [7, 11) is -3.38. The molecule has 29 heavy (non-hydrogen) atoms. The molecule has 0 saturated carbocycles. The Kier molecular flexibility index (Phi) is 4.75. The molecule has 3 aromatic rings. The second-order valence-corrected chi connectivity index (χ2v) is 8.72. The molecule has 0 atom stereocenters. The molecule has 0 spiro atoms. The maximum Gasteiger partial charge on any atom is 0.276 e. The van der Waals surface area contributed by atoms with Crippen LogP contribution < -0.4 is 10.3 Å². The van der Waals surface area contributed by atoms with Crippen LogP contribution >= 0.6 is 0 Å². The van der Waals surface area contributed by atoms with Crippen LogP contribution in [0.3, 0.4) is 0 Å². The average Bonchev–Trinajstić information content (AvgIpc) is 3.03. The van der Waals surface area contributed by atoms with E-state index in [0.717, 1.165) is 17.6 Å². The van der Waals surface area contributed by atoms with Crippen LogP contribution in [0.2, 0.25) is 0 Å². The Balaban J connectivity index is 1.55. The van der Waals surface area contributed by atoms with E-state index in [1.807, 2.05) is 30.3 Å². The first-order valence-corrected chi connectivity index (χ1v) is 11.0. The smallest absolute Gasteiger partial charge is 0.276 e. The third kappa shape index (κ3) is 3.95. The third-order valence-electron chi connectivity index (χ3n) is 4.79. The number of nitrogens with one attached hydrogen (secondary N) is 2. The Hall–Kier alpha value is -3.33. The molecule has 9 heteroatoms. The molecule has 2 aromatic carbocycles. The Morgan fingerprint density at radius 1 is 1.07 bits per heavy atom. The van der Waals surface area contributed by atoms with E-state index >= 15 is 0 Å². The van der Waals surface area contributed by atoms with Crippen molar-refractivity contribution < 1.29 is 13.2 Å². The highest BCUT2D eigenvalue weighted by Crippen LogP contribution is 2.19. The molecule has 1 aliphatic rings. The van der Waals surface area contributed by atoms with Gasteiger partial charge in [0.1, 0.15) is 0 Å². The third-order valence-corrected chi connectivity index (χ3v) is 5.40. The second-order valence-electron chi connectivity index (χ2n) is 6.97. The van der Waals surface area contributed by atoms with Gasteiger partial charge in [-0.15, -0.1) is 0 Å². The predicted molar refractivity (Wildman–Crippen MR) is 110 cm³/mol. The number of anilines is 1. The van der Waals surface area contributed by atoms with E-state index in [0.29, 0.717) is 29.8 Å². The number of H-pyrrole nitrogens is 1. The molecule has 1 aliphatic heterocycles. The zero-order chi connectivity index (χ0) is 20.6.